The molecule has 0 saturated carbocycles. The van der Waals surface area contributed by atoms with Crippen molar-refractivity contribution in [3.05, 3.63) is 35.4 Å². The minimum atomic E-state index is 0.729. The SMILES string of the molecule is CNCc1cccc(C2CCNC2)c1. The molecule has 0 bridgehead atoms. The summed E-state index contributed by atoms with van der Waals surface area (Å²) in [7, 11) is 1.99. The van der Waals surface area contributed by atoms with Crippen molar-refractivity contribution >= 4 is 0 Å². The first-order valence-electron chi connectivity index (χ1n) is 5.34. The molecule has 2 nitrogen and oxygen atoms in total. The van der Waals surface area contributed by atoms with Crippen LogP contribution in [0, 0.1) is 0 Å². The third kappa shape index (κ3) is 2.14. The Hall–Kier alpha value is -0.860. The lowest BCUT2D eigenvalue weighted by molar-refractivity contribution is 0.756. The molecule has 76 valence electrons. The fraction of sp³-hybridized carbons (Fsp3) is 0.500. The highest BCUT2D eigenvalue weighted by Crippen LogP contribution is 2.22. The smallest absolute Gasteiger partial charge is 0.0202 e. The Morgan fingerprint density at radius 2 is 2.43 bits per heavy atom. The Labute approximate surface area is 85.7 Å². The lowest BCUT2D eigenvalue weighted by atomic mass is 9.97. The van der Waals surface area contributed by atoms with Gasteiger partial charge in [0.2, 0.25) is 0 Å². The second kappa shape index (κ2) is 4.58. The van der Waals surface area contributed by atoms with Gasteiger partial charge in [0, 0.05) is 13.1 Å². The Morgan fingerprint density at radius 3 is 3.14 bits per heavy atom. The third-order valence-corrected chi connectivity index (χ3v) is 2.86. The number of nitrogens with one attached hydrogen (secondary N) is 2. The van der Waals surface area contributed by atoms with Crippen LogP contribution >= 0.6 is 0 Å². The van der Waals surface area contributed by atoms with Crippen molar-refractivity contribution in [1.29, 1.82) is 0 Å². The van der Waals surface area contributed by atoms with E-state index in [9.17, 15) is 0 Å². The highest BCUT2D eigenvalue weighted by molar-refractivity contribution is 5.27. The van der Waals surface area contributed by atoms with Crippen LogP contribution in [-0.2, 0) is 6.54 Å². The summed E-state index contributed by atoms with van der Waals surface area (Å²) in [5.74, 6) is 0.729. The number of hydrogen-bond acceptors (Lipinski definition) is 2. The molecule has 0 aliphatic carbocycles. The van der Waals surface area contributed by atoms with E-state index in [0.717, 1.165) is 19.0 Å². The number of hydrogen-bond donors (Lipinski definition) is 2. The lowest BCUT2D eigenvalue weighted by Crippen LogP contribution is -2.09. The molecule has 1 aliphatic rings. The van der Waals surface area contributed by atoms with Gasteiger partial charge in [-0.05, 0) is 37.1 Å². The van der Waals surface area contributed by atoms with E-state index in [1.54, 1.807) is 0 Å². The van der Waals surface area contributed by atoms with E-state index in [4.69, 9.17) is 0 Å². The first kappa shape index (κ1) is 9.69. The van der Waals surface area contributed by atoms with Crippen molar-refractivity contribution in [2.75, 3.05) is 20.1 Å². The molecular weight excluding hydrogens is 172 g/mol. The summed E-state index contributed by atoms with van der Waals surface area (Å²) in [6, 6.07) is 8.92. The van der Waals surface area contributed by atoms with E-state index in [0.29, 0.717) is 0 Å². The van der Waals surface area contributed by atoms with Crippen LogP contribution in [0.25, 0.3) is 0 Å². The Balaban J connectivity index is 2.12. The highest BCUT2D eigenvalue weighted by Gasteiger charge is 2.16. The zero-order chi connectivity index (χ0) is 9.80. The average molecular weight is 190 g/mol. The first-order valence-corrected chi connectivity index (χ1v) is 5.34. The largest absolute Gasteiger partial charge is 0.316 e. The molecule has 1 aromatic rings. The van der Waals surface area contributed by atoms with Crippen molar-refractivity contribution in [3.8, 4) is 0 Å². The predicted molar refractivity (Wildman–Crippen MR) is 59.4 cm³/mol. The van der Waals surface area contributed by atoms with Gasteiger partial charge in [-0.3, -0.25) is 0 Å². The van der Waals surface area contributed by atoms with Crippen molar-refractivity contribution in [1.82, 2.24) is 10.6 Å². The lowest BCUT2D eigenvalue weighted by Gasteiger charge is -2.10. The van der Waals surface area contributed by atoms with Gasteiger partial charge in [-0.15, -0.1) is 0 Å². The van der Waals surface area contributed by atoms with Gasteiger partial charge in [0.15, 0.2) is 0 Å². The topological polar surface area (TPSA) is 24.1 Å². The van der Waals surface area contributed by atoms with Crippen LogP contribution in [0.4, 0.5) is 0 Å². The minimum absolute atomic E-state index is 0.729. The summed E-state index contributed by atoms with van der Waals surface area (Å²) >= 11 is 0. The molecule has 0 radical (unpaired) electrons. The molecule has 0 amide bonds. The van der Waals surface area contributed by atoms with Gasteiger partial charge < -0.3 is 10.6 Å². The van der Waals surface area contributed by atoms with E-state index in [-0.39, 0.29) is 0 Å². The van der Waals surface area contributed by atoms with E-state index < -0.39 is 0 Å². The maximum Gasteiger partial charge on any atom is 0.0202 e. The summed E-state index contributed by atoms with van der Waals surface area (Å²) in [5.41, 5.74) is 2.87. The number of rotatable bonds is 3. The fourth-order valence-corrected chi connectivity index (χ4v) is 2.10. The molecular formula is C12H18N2. The van der Waals surface area contributed by atoms with Gasteiger partial charge in [-0.2, -0.15) is 0 Å². The van der Waals surface area contributed by atoms with Gasteiger partial charge >= 0.3 is 0 Å². The summed E-state index contributed by atoms with van der Waals surface area (Å²) in [6.07, 6.45) is 1.28. The molecule has 14 heavy (non-hydrogen) atoms. The van der Waals surface area contributed by atoms with Crippen LogP contribution in [0.1, 0.15) is 23.5 Å². The zero-order valence-corrected chi connectivity index (χ0v) is 8.72. The van der Waals surface area contributed by atoms with E-state index in [1.807, 2.05) is 7.05 Å². The summed E-state index contributed by atoms with van der Waals surface area (Å²) in [6.45, 7) is 3.28. The minimum Gasteiger partial charge on any atom is -0.316 e. The molecule has 0 spiro atoms. The van der Waals surface area contributed by atoms with E-state index >= 15 is 0 Å². The van der Waals surface area contributed by atoms with Gasteiger partial charge in [-0.25, -0.2) is 0 Å². The quantitative estimate of drug-likeness (QED) is 0.754. The molecule has 1 aliphatic heterocycles. The van der Waals surface area contributed by atoms with Crippen LogP contribution in [0.15, 0.2) is 24.3 Å². The Kier molecular flexibility index (Phi) is 3.17. The maximum atomic E-state index is 3.41. The monoisotopic (exact) mass is 190 g/mol. The molecule has 2 heteroatoms. The van der Waals surface area contributed by atoms with Gasteiger partial charge in [-0.1, -0.05) is 24.3 Å². The van der Waals surface area contributed by atoms with Crippen LogP contribution < -0.4 is 10.6 Å². The molecule has 0 aromatic heterocycles. The van der Waals surface area contributed by atoms with Crippen molar-refractivity contribution < 1.29 is 0 Å². The molecule has 1 aromatic carbocycles. The predicted octanol–water partition coefficient (Wildman–Crippen LogP) is 1.48. The molecule has 1 unspecified atom stereocenters. The van der Waals surface area contributed by atoms with Crippen LogP contribution in [0.5, 0.6) is 0 Å². The maximum absolute atomic E-state index is 3.41. The fourth-order valence-electron chi connectivity index (χ4n) is 2.10. The van der Waals surface area contributed by atoms with E-state index in [1.165, 1.54) is 24.1 Å². The van der Waals surface area contributed by atoms with Crippen LogP contribution in [0.2, 0.25) is 0 Å². The van der Waals surface area contributed by atoms with Gasteiger partial charge in [0.25, 0.3) is 0 Å². The second-order valence-corrected chi connectivity index (χ2v) is 3.97. The van der Waals surface area contributed by atoms with Crippen LogP contribution in [-0.4, -0.2) is 20.1 Å². The average Bonchev–Trinajstić information content (AvgIpc) is 2.71. The summed E-state index contributed by atoms with van der Waals surface area (Å²) < 4.78 is 0. The molecule has 2 rings (SSSR count). The second-order valence-electron chi connectivity index (χ2n) is 3.97. The molecule has 1 atom stereocenters. The summed E-state index contributed by atoms with van der Waals surface area (Å²) in [4.78, 5) is 0. The Morgan fingerprint density at radius 1 is 1.50 bits per heavy atom. The third-order valence-electron chi connectivity index (χ3n) is 2.86. The number of benzene rings is 1. The van der Waals surface area contributed by atoms with E-state index in [2.05, 4.69) is 34.9 Å². The zero-order valence-electron chi connectivity index (χ0n) is 8.72. The standard InChI is InChI=1S/C12H18N2/c1-13-8-10-3-2-4-11(7-10)12-5-6-14-9-12/h2-4,7,12-14H,5-6,8-9H2,1H3. The summed E-state index contributed by atoms with van der Waals surface area (Å²) in [5, 5.41) is 6.59. The Bertz CT molecular complexity index is 290. The van der Waals surface area contributed by atoms with Gasteiger partial charge in [0.05, 0.1) is 0 Å². The van der Waals surface area contributed by atoms with Crippen molar-refractivity contribution in [2.24, 2.45) is 0 Å². The van der Waals surface area contributed by atoms with Crippen molar-refractivity contribution in [3.63, 3.8) is 0 Å². The van der Waals surface area contributed by atoms with Crippen LogP contribution in [0.3, 0.4) is 0 Å². The van der Waals surface area contributed by atoms with Crippen molar-refractivity contribution in [2.45, 2.75) is 18.9 Å². The molecule has 1 saturated heterocycles. The first-order chi connectivity index (χ1) is 6.90. The molecule has 2 N–H and O–H groups in total. The normalized spacial score (nSPS) is 21.4. The molecule has 1 heterocycles. The molecule has 1 fully saturated rings. The highest BCUT2D eigenvalue weighted by atomic mass is 14.9. The van der Waals surface area contributed by atoms with Gasteiger partial charge in [0.1, 0.15) is 0 Å².